The summed E-state index contributed by atoms with van der Waals surface area (Å²) in [7, 11) is 0. The third-order valence-corrected chi connectivity index (χ3v) is 12.4. The second-order valence-corrected chi connectivity index (χ2v) is 15.5. The van der Waals surface area contributed by atoms with Gasteiger partial charge in [0.05, 0.1) is 23.4 Å². The van der Waals surface area contributed by atoms with Gasteiger partial charge in [-0.2, -0.15) is 25.3 Å². The molecule has 7 heteroatoms. The van der Waals surface area contributed by atoms with Crippen LogP contribution in [0.1, 0.15) is 87.3 Å². The Kier molecular flexibility index (Phi) is 8.83. The van der Waals surface area contributed by atoms with Crippen LogP contribution in [0.2, 0.25) is 0 Å². The molecule has 4 fully saturated rings. The summed E-state index contributed by atoms with van der Waals surface area (Å²) in [5.41, 5.74) is 2.72. The van der Waals surface area contributed by atoms with Gasteiger partial charge in [-0.15, -0.1) is 0 Å². The Labute approximate surface area is 291 Å². The monoisotopic (exact) mass is 664 g/mol. The second kappa shape index (κ2) is 13.1. The SMILES string of the molecule is SC1CCC(C2(c3ccccc3)O[B-]3(OC2c2ccccc2)OC(c2ccccc2)C(c2ccccc2)(C2CCC(S)CC2)O3)CC1.[H+]. The van der Waals surface area contributed by atoms with Gasteiger partial charge in [0.15, 0.2) is 0 Å². The topological polar surface area (TPSA) is 36.9 Å². The minimum atomic E-state index is -2.68. The van der Waals surface area contributed by atoms with Crippen molar-refractivity contribution in [2.45, 2.75) is 85.3 Å². The van der Waals surface area contributed by atoms with Gasteiger partial charge in [0, 0.05) is 10.5 Å². The van der Waals surface area contributed by atoms with E-state index in [0.717, 1.165) is 73.6 Å². The predicted molar refractivity (Wildman–Crippen MR) is 195 cm³/mol. The molecule has 8 rings (SSSR count). The number of rotatable bonds is 6. The first-order chi connectivity index (χ1) is 23.0. The Balaban J connectivity index is 0.00000364. The first-order valence-electron chi connectivity index (χ1n) is 17.5. The lowest BCUT2D eigenvalue weighted by molar-refractivity contribution is -0.0659. The fourth-order valence-electron chi connectivity index (χ4n) is 9.15. The number of benzene rings is 4. The standard InChI is InChI=1S/C40H44BO4S2/c46-35-25-21-33(22-26-35)39(31-17-9-3-10-18-31)37(29-13-5-1-6-14-29)42-41(44-39)43-38(30-15-7-2-8-16-30)40(45-41,32-19-11-4-12-20-32)34-23-27-36(47)28-24-34/h1-20,33-38,46-47H,21-28H2/q-1/p+1. The Morgan fingerprint density at radius 2 is 0.787 bits per heavy atom. The van der Waals surface area contributed by atoms with E-state index in [1.165, 1.54) is 0 Å². The number of thiol groups is 2. The van der Waals surface area contributed by atoms with Crippen molar-refractivity contribution in [3.8, 4) is 0 Å². The molecule has 0 amide bonds. The molecule has 0 radical (unpaired) electrons. The van der Waals surface area contributed by atoms with E-state index in [1.54, 1.807) is 0 Å². The highest BCUT2D eigenvalue weighted by Crippen LogP contribution is 2.65. The summed E-state index contributed by atoms with van der Waals surface area (Å²) >= 11 is 9.78. The number of hydrogen-bond acceptors (Lipinski definition) is 6. The van der Waals surface area contributed by atoms with Crippen LogP contribution in [0.15, 0.2) is 121 Å². The zero-order valence-corrected chi connectivity index (χ0v) is 28.6. The maximum atomic E-state index is 7.62. The average molecular weight is 665 g/mol. The highest BCUT2D eigenvalue weighted by molar-refractivity contribution is 7.81. The van der Waals surface area contributed by atoms with Crippen LogP contribution in [0, 0.1) is 11.8 Å². The lowest BCUT2D eigenvalue weighted by Crippen LogP contribution is -2.49. The minimum absolute atomic E-state index is 0. The van der Waals surface area contributed by atoms with Gasteiger partial charge in [0.2, 0.25) is 0 Å². The van der Waals surface area contributed by atoms with Crippen LogP contribution in [0.4, 0.5) is 0 Å². The summed E-state index contributed by atoms with van der Waals surface area (Å²) in [6.07, 6.45) is 7.21. The molecule has 0 N–H and O–H groups in total. The van der Waals surface area contributed by atoms with E-state index < -0.39 is 30.4 Å². The van der Waals surface area contributed by atoms with E-state index in [1.807, 2.05) is 0 Å². The number of hydrogen-bond donors (Lipinski definition) is 2. The summed E-state index contributed by atoms with van der Waals surface area (Å²) < 4.78 is 29.9. The molecular formula is C40H45BO4S2. The lowest BCUT2D eigenvalue weighted by Gasteiger charge is -2.48. The molecule has 1 spiro atoms. The highest BCUT2D eigenvalue weighted by atomic mass is 32.1. The fraction of sp³-hybridized carbons (Fsp3) is 0.400. The van der Waals surface area contributed by atoms with Crippen LogP contribution in [0.5, 0.6) is 0 Å². The molecule has 2 heterocycles. The predicted octanol–water partition coefficient (Wildman–Crippen LogP) is 9.88. The lowest BCUT2D eigenvalue weighted by atomic mass is 9.69. The van der Waals surface area contributed by atoms with E-state index in [4.69, 9.17) is 43.9 Å². The van der Waals surface area contributed by atoms with Crippen molar-refractivity contribution in [2.24, 2.45) is 11.8 Å². The summed E-state index contributed by atoms with van der Waals surface area (Å²) in [5, 5.41) is 0.787. The Hall–Kier alpha value is -2.52. The summed E-state index contributed by atoms with van der Waals surface area (Å²) in [6.45, 7) is -2.68. The molecule has 4 unspecified atom stereocenters. The molecule has 0 aromatic heterocycles. The maximum Gasteiger partial charge on any atom is 1.00 e. The Morgan fingerprint density at radius 3 is 1.13 bits per heavy atom. The van der Waals surface area contributed by atoms with Crippen molar-refractivity contribution >= 4 is 32.2 Å². The molecule has 2 aliphatic carbocycles. The molecule has 2 aliphatic heterocycles. The average Bonchev–Trinajstić information content (AvgIpc) is 3.66. The summed E-state index contributed by atoms with van der Waals surface area (Å²) in [6, 6.07) is 42.5. The zero-order valence-electron chi connectivity index (χ0n) is 27.8. The van der Waals surface area contributed by atoms with Crippen molar-refractivity contribution in [3.63, 3.8) is 0 Å². The van der Waals surface area contributed by atoms with Crippen molar-refractivity contribution in [3.05, 3.63) is 144 Å². The van der Waals surface area contributed by atoms with Crippen molar-refractivity contribution in [1.82, 2.24) is 0 Å². The molecule has 4 aliphatic rings. The van der Waals surface area contributed by atoms with E-state index in [-0.39, 0.29) is 13.3 Å². The van der Waals surface area contributed by atoms with Crippen molar-refractivity contribution in [1.29, 1.82) is 0 Å². The third-order valence-electron chi connectivity index (χ3n) is 11.3. The van der Waals surface area contributed by atoms with Crippen LogP contribution in [-0.2, 0) is 29.8 Å². The van der Waals surface area contributed by atoms with Gasteiger partial charge in [-0.1, -0.05) is 121 Å². The first-order valence-corrected chi connectivity index (χ1v) is 18.5. The van der Waals surface area contributed by atoms with Crippen molar-refractivity contribution in [2.75, 3.05) is 0 Å². The van der Waals surface area contributed by atoms with Crippen LogP contribution in [-0.4, -0.2) is 17.5 Å². The zero-order chi connectivity index (χ0) is 31.9. The molecular weight excluding hydrogens is 619 g/mol. The van der Waals surface area contributed by atoms with Gasteiger partial charge in [0.1, 0.15) is 0 Å². The van der Waals surface area contributed by atoms with Crippen LogP contribution < -0.4 is 0 Å². The van der Waals surface area contributed by atoms with E-state index in [0.29, 0.717) is 10.5 Å². The van der Waals surface area contributed by atoms with E-state index in [2.05, 4.69) is 121 Å². The van der Waals surface area contributed by atoms with E-state index >= 15 is 0 Å². The van der Waals surface area contributed by atoms with Gasteiger partial charge < -0.3 is 18.6 Å². The van der Waals surface area contributed by atoms with Crippen LogP contribution >= 0.6 is 25.3 Å². The molecule has 4 atom stereocenters. The molecule has 4 aromatic carbocycles. The van der Waals surface area contributed by atoms with Gasteiger partial charge in [-0.25, -0.2) is 0 Å². The first kappa shape index (κ1) is 31.7. The van der Waals surface area contributed by atoms with Crippen LogP contribution in [0.3, 0.4) is 0 Å². The van der Waals surface area contributed by atoms with Crippen molar-refractivity contribution < 1.29 is 20.0 Å². The highest BCUT2D eigenvalue weighted by Gasteiger charge is 2.67. The minimum Gasteiger partial charge on any atom is -0.510 e. The summed E-state index contributed by atoms with van der Waals surface area (Å²) in [4.78, 5) is 0. The van der Waals surface area contributed by atoms with Gasteiger partial charge >= 0.3 is 8.38 Å². The molecule has 47 heavy (non-hydrogen) atoms. The van der Waals surface area contributed by atoms with Gasteiger partial charge in [0.25, 0.3) is 0 Å². The molecule has 4 nitrogen and oxygen atoms in total. The van der Waals surface area contributed by atoms with Gasteiger partial charge in [-0.3, -0.25) is 0 Å². The second-order valence-electron chi connectivity index (χ2n) is 14.0. The third kappa shape index (κ3) is 5.61. The Bertz CT molecular complexity index is 1500. The Morgan fingerprint density at radius 1 is 0.468 bits per heavy atom. The summed E-state index contributed by atoms with van der Waals surface area (Å²) in [5.74, 6) is 0.377. The largest absolute Gasteiger partial charge is 1.00 e. The fourth-order valence-corrected chi connectivity index (χ4v) is 9.75. The normalized spacial score (nSPS) is 37.2. The maximum absolute atomic E-state index is 7.62. The smallest absolute Gasteiger partial charge is 0.510 e. The molecule has 4 aromatic rings. The molecule has 0 bridgehead atoms. The van der Waals surface area contributed by atoms with Crippen LogP contribution in [0.25, 0.3) is 0 Å². The van der Waals surface area contributed by atoms with Gasteiger partial charge in [-0.05, 0) is 85.5 Å². The van der Waals surface area contributed by atoms with E-state index in [9.17, 15) is 0 Å². The molecule has 244 valence electrons. The molecule has 2 saturated heterocycles. The quantitative estimate of drug-likeness (QED) is 0.159. The molecule has 2 saturated carbocycles.